The summed E-state index contributed by atoms with van der Waals surface area (Å²) in [6.45, 7) is 7.04. The Morgan fingerprint density at radius 3 is 2.26 bits per heavy atom. The second-order valence-corrected chi connectivity index (χ2v) is 11.1. The number of piperazine rings is 1. The summed E-state index contributed by atoms with van der Waals surface area (Å²) in [6.07, 6.45) is -0.0180. The second kappa shape index (κ2) is 11.7. The maximum atomic E-state index is 13.0. The molecule has 1 fully saturated rings. The predicted molar refractivity (Wildman–Crippen MR) is 139 cm³/mol. The van der Waals surface area contributed by atoms with Gasteiger partial charge in [-0.05, 0) is 48.2 Å². The second-order valence-electron chi connectivity index (χ2n) is 9.14. The van der Waals surface area contributed by atoms with Gasteiger partial charge in [0, 0.05) is 31.7 Å². The van der Waals surface area contributed by atoms with E-state index >= 15 is 0 Å². The van der Waals surface area contributed by atoms with Crippen molar-refractivity contribution < 1.29 is 27.2 Å². The van der Waals surface area contributed by atoms with Crippen molar-refractivity contribution in [1.29, 1.82) is 0 Å². The van der Waals surface area contributed by atoms with Crippen molar-refractivity contribution in [2.75, 3.05) is 38.1 Å². The summed E-state index contributed by atoms with van der Waals surface area (Å²) in [5.74, 6) is 0.299. The van der Waals surface area contributed by atoms with Gasteiger partial charge < -0.3 is 14.1 Å². The van der Waals surface area contributed by atoms with E-state index in [1.165, 1.54) is 39.0 Å². The van der Waals surface area contributed by atoms with Gasteiger partial charge in [-0.25, -0.2) is 13.2 Å². The molecule has 1 saturated heterocycles. The van der Waals surface area contributed by atoms with Crippen LogP contribution in [0.1, 0.15) is 54.1 Å². The molecular formula is C26H31N5O6S. The Morgan fingerprint density at radius 1 is 1.00 bits per heavy atom. The molecule has 0 atom stereocenters. The van der Waals surface area contributed by atoms with Gasteiger partial charge in [-0.1, -0.05) is 43.2 Å². The average Bonchev–Trinajstić information content (AvgIpc) is 3.35. The molecule has 0 radical (unpaired) electrons. The molecule has 0 spiro atoms. The first kappa shape index (κ1) is 27.3. The molecule has 0 bridgehead atoms. The van der Waals surface area contributed by atoms with Crippen molar-refractivity contribution in [3.63, 3.8) is 0 Å². The third-order valence-corrected chi connectivity index (χ3v) is 8.12. The molecule has 2 amide bonds. The van der Waals surface area contributed by atoms with Crippen molar-refractivity contribution in [1.82, 2.24) is 19.4 Å². The van der Waals surface area contributed by atoms with Crippen molar-refractivity contribution in [3.8, 4) is 0 Å². The highest BCUT2D eigenvalue weighted by Crippen LogP contribution is 2.20. The minimum atomic E-state index is -3.78. The highest BCUT2D eigenvalue weighted by molar-refractivity contribution is 7.89. The van der Waals surface area contributed by atoms with E-state index in [0.29, 0.717) is 18.2 Å². The molecule has 12 heteroatoms. The Kier molecular flexibility index (Phi) is 8.42. The van der Waals surface area contributed by atoms with E-state index in [4.69, 9.17) is 9.15 Å². The molecule has 38 heavy (non-hydrogen) atoms. The van der Waals surface area contributed by atoms with Crippen LogP contribution in [0, 0.1) is 0 Å². The third-order valence-electron chi connectivity index (χ3n) is 6.21. The van der Waals surface area contributed by atoms with Gasteiger partial charge in [0.2, 0.25) is 15.9 Å². The third kappa shape index (κ3) is 6.37. The summed E-state index contributed by atoms with van der Waals surface area (Å²) in [4.78, 5) is 26.0. The van der Waals surface area contributed by atoms with Crippen LogP contribution in [-0.2, 0) is 21.2 Å². The lowest BCUT2D eigenvalue weighted by Crippen LogP contribution is -2.50. The SMILES string of the molecule is CCOC(=O)N1CCN(S(=O)(=O)c2ccc(C(=O)Nc3nnc(Cc4ccc(C(C)C)cc4)o3)cc2)CC1. The molecule has 1 aliphatic rings. The minimum Gasteiger partial charge on any atom is -0.450 e. The highest BCUT2D eigenvalue weighted by Gasteiger charge is 2.30. The topological polar surface area (TPSA) is 135 Å². The minimum absolute atomic E-state index is 0.0417. The fourth-order valence-corrected chi connectivity index (χ4v) is 5.42. The lowest BCUT2D eigenvalue weighted by Gasteiger charge is -2.33. The zero-order chi connectivity index (χ0) is 27.3. The van der Waals surface area contributed by atoms with Gasteiger partial charge >= 0.3 is 12.1 Å². The quantitative estimate of drug-likeness (QED) is 0.458. The van der Waals surface area contributed by atoms with Crippen LogP contribution in [0.4, 0.5) is 10.8 Å². The first-order valence-corrected chi connectivity index (χ1v) is 13.9. The molecule has 0 saturated carbocycles. The summed E-state index contributed by atoms with van der Waals surface area (Å²) in [5.41, 5.74) is 2.48. The van der Waals surface area contributed by atoms with E-state index in [1.54, 1.807) is 6.92 Å². The summed E-state index contributed by atoms with van der Waals surface area (Å²) in [5, 5.41) is 10.4. The van der Waals surface area contributed by atoms with Crippen LogP contribution in [0.25, 0.3) is 0 Å². The normalized spacial score (nSPS) is 14.5. The maximum Gasteiger partial charge on any atom is 0.409 e. The molecule has 3 aromatic rings. The van der Waals surface area contributed by atoms with Crippen LogP contribution in [-0.4, -0.2) is 72.6 Å². The number of ether oxygens (including phenoxy) is 1. The molecule has 1 N–H and O–H groups in total. The van der Waals surface area contributed by atoms with Gasteiger partial charge in [0.25, 0.3) is 5.91 Å². The van der Waals surface area contributed by atoms with Gasteiger partial charge in [0.1, 0.15) is 0 Å². The standard InChI is InChI=1S/C26H31N5O6S/c1-4-36-26(33)30-13-15-31(16-14-30)38(34,35)22-11-9-21(10-12-22)24(32)27-25-29-28-23(37-25)17-19-5-7-20(8-6-19)18(2)3/h5-12,18H,4,13-17H2,1-3H3,(H,27,29,32). The molecule has 1 aromatic heterocycles. The zero-order valence-corrected chi connectivity index (χ0v) is 22.4. The summed E-state index contributed by atoms with van der Waals surface area (Å²) >= 11 is 0. The van der Waals surface area contributed by atoms with Gasteiger partial charge in [0.15, 0.2) is 0 Å². The molecule has 2 aromatic carbocycles. The maximum absolute atomic E-state index is 13.0. The number of nitrogens with one attached hydrogen (secondary N) is 1. The number of nitrogens with zero attached hydrogens (tertiary/aromatic N) is 4. The fourth-order valence-electron chi connectivity index (χ4n) is 3.99. The van der Waals surface area contributed by atoms with E-state index in [9.17, 15) is 18.0 Å². The van der Waals surface area contributed by atoms with Crippen molar-refractivity contribution in [2.45, 2.75) is 38.0 Å². The smallest absolute Gasteiger partial charge is 0.409 e. The summed E-state index contributed by atoms with van der Waals surface area (Å²) in [7, 11) is -3.78. The Bertz CT molecular complexity index is 1360. The molecule has 4 rings (SSSR count). The van der Waals surface area contributed by atoms with Crippen LogP contribution in [0.15, 0.2) is 57.8 Å². The number of hydrogen-bond acceptors (Lipinski definition) is 8. The number of amides is 2. The number of hydrogen-bond donors (Lipinski definition) is 1. The molecule has 202 valence electrons. The van der Waals surface area contributed by atoms with Gasteiger partial charge in [-0.2, -0.15) is 4.31 Å². The van der Waals surface area contributed by atoms with Crippen LogP contribution < -0.4 is 5.32 Å². The van der Waals surface area contributed by atoms with Crippen molar-refractivity contribution >= 4 is 28.0 Å². The van der Waals surface area contributed by atoms with Crippen LogP contribution in [0.3, 0.4) is 0 Å². The number of carbonyl (C=O) groups excluding carboxylic acids is 2. The van der Waals surface area contributed by atoms with E-state index < -0.39 is 22.0 Å². The molecule has 0 unspecified atom stereocenters. The Labute approximate surface area is 221 Å². The van der Waals surface area contributed by atoms with Crippen molar-refractivity contribution in [3.05, 3.63) is 71.1 Å². The Hall–Kier alpha value is -3.77. The summed E-state index contributed by atoms with van der Waals surface area (Å²) in [6, 6.07) is 13.7. The molecule has 1 aliphatic heterocycles. The largest absolute Gasteiger partial charge is 0.450 e. The van der Waals surface area contributed by atoms with E-state index in [1.807, 2.05) is 12.1 Å². The number of carbonyl (C=O) groups is 2. The number of aromatic nitrogens is 2. The van der Waals surface area contributed by atoms with Gasteiger partial charge in [-0.15, -0.1) is 5.10 Å². The van der Waals surface area contributed by atoms with Gasteiger partial charge in [-0.3, -0.25) is 10.1 Å². The van der Waals surface area contributed by atoms with E-state index in [-0.39, 0.29) is 49.3 Å². The van der Waals surface area contributed by atoms with Crippen LogP contribution in [0.2, 0.25) is 0 Å². The lowest BCUT2D eigenvalue weighted by molar-refractivity contribution is 0.0933. The lowest BCUT2D eigenvalue weighted by atomic mass is 10.0. The number of rotatable bonds is 8. The first-order valence-electron chi connectivity index (χ1n) is 12.4. The first-order chi connectivity index (χ1) is 18.2. The summed E-state index contributed by atoms with van der Waals surface area (Å²) < 4.78 is 37.9. The molecule has 0 aliphatic carbocycles. The highest BCUT2D eigenvalue weighted by atomic mass is 32.2. The Balaban J connectivity index is 1.34. The average molecular weight is 542 g/mol. The van der Waals surface area contributed by atoms with Crippen molar-refractivity contribution in [2.24, 2.45) is 0 Å². The van der Waals surface area contributed by atoms with E-state index in [2.05, 4.69) is 41.5 Å². The zero-order valence-electron chi connectivity index (χ0n) is 21.6. The number of sulfonamides is 1. The predicted octanol–water partition coefficient (Wildman–Crippen LogP) is 3.50. The molecular weight excluding hydrogens is 510 g/mol. The molecule has 2 heterocycles. The number of benzene rings is 2. The fraction of sp³-hybridized carbons (Fsp3) is 0.385. The number of anilines is 1. The van der Waals surface area contributed by atoms with Crippen LogP contribution >= 0.6 is 0 Å². The molecule has 11 nitrogen and oxygen atoms in total. The van der Waals surface area contributed by atoms with Gasteiger partial charge in [0.05, 0.1) is 17.9 Å². The van der Waals surface area contributed by atoms with E-state index in [0.717, 1.165) is 5.56 Å². The Morgan fingerprint density at radius 2 is 1.66 bits per heavy atom. The monoisotopic (exact) mass is 541 g/mol. The van der Waals surface area contributed by atoms with Crippen LogP contribution in [0.5, 0.6) is 0 Å².